The third kappa shape index (κ3) is 4.75. The van der Waals surface area contributed by atoms with Gasteiger partial charge in [0.2, 0.25) is 0 Å². The topological polar surface area (TPSA) is 78.9 Å². The molecule has 0 amide bonds. The van der Waals surface area contributed by atoms with Crippen LogP contribution in [0.15, 0.2) is 57.4 Å². The molecular formula is C24H23ClN2O3S. The number of rotatable bonds is 7. The van der Waals surface area contributed by atoms with E-state index < -0.39 is 0 Å². The molecule has 0 spiro atoms. The van der Waals surface area contributed by atoms with E-state index in [1.54, 1.807) is 6.07 Å². The first-order valence-corrected chi connectivity index (χ1v) is 11.5. The number of benzene rings is 2. The Morgan fingerprint density at radius 3 is 2.65 bits per heavy atom. The van der Waals surface area contributed by atoms with Gasteiger partial charge >= 0.3 is 0 Å². The Labute approximate surface area is 189 Å². The summed E-state index contributed by atoms with van der Waals surface area (Å²) in [6, 6.07) is 12.9. The highest BCUT2D eigenvalue weighted by Gasteiger charge is 2.14. The van der Waals surface area contributed by atoms with E-state index in [9.17, 15) is 10.3 Å². The molecule has 2 N–H and O–H groups in total. The van der Waals surface area contributed by atoms with Gasteiger partial charge in [0, 0.05) is 27.4 Å². The summed E-state index contributed by atoms with van der Waals surface area (Å²) in [4.78, 5) is 4.70. The van der Waals surface area contributed by atoms with Crippen LogP contribution in [-0.2, 0) is 6.42 Å². The molecular weight excluding hydrogens is 432 g/mol. The van der Waals surface area contributed by atoms with Gasteiger partial charge in [0.25, 0.3) is 5.55 Å². The van der Waals surface area contributed by atoms with E-state index in [0.717, 1.165) is 41.5 Å². The summed E-state index contributed by atoms with van der Waals surface area (Å²) in [5.74, 6) is 0.198. The van der Waals surface area contributed by atoms with E-state index in [2.05, 4.69) is 12.1 Å². The molecule has 4 rings (SSSR count). The zero-order chi connectivity index (χ0) is 21.8. The van der Waals surface area contributed by atoms with Gasteiger partial charge in [-0.3, -0.25) is 0 Å². The summed E-state index contributed by atoms with van der Waals surface area (Å²) < 4.78 is 5.78. The van der Waals surface area contributed by atoms with Crippen LogP contribution in [0.4, 0.5) is 0 Å². The number of aromatic nitrogens is 1. The predicted octanol–water partition coefficient (Wildman–Crippen LogP) is 7.00. The number of aromatic hydroxyl groups is 1. The summed E-state index contributed by atoms with van der Waals surface area (Å²) in [5.41, 5.74) is 3.76. The lowest BCUT2D eigenvalue weighted by Crippen LogP contribution is -2.05. The van der Waals surface area contributed by atoms with E-state index in [4.69, 9.17) is 21.0 Å². The van der Waals surface area contributed by atoms with Gasteiger partial charge in [0.15, 0.2) is 0 Å². The van der Waals surface area contributed by atoms with E-state index >= 15 is 0 Å². The predicted molar refractivity (Wildman–Crippen MR) is 125 cm³/mol. The normalized spacial score (nSPS) is 12.0. The van der Waals surface area contributed by atoms with Crippen LogP contribution >= 0.6 is 22.9 Å². The number of phenolic OH excluding ortho intramolecular Hbond substituents is 1. The van der Waals surface area contributed by atoms with Crippen LogP contribution in [0.25, 0.3) is 32.8 Å². The van der Waals surface area contributed by atoms with Crippen molar-refractivity contribution in [3.63, 3.8) is 0 Å². The van der Waals surface area contributed by atoms with Gasteiger partial charge in [0.1, 0.15) is 16.3 Å². The molecule has 4 aromatic rings. The highest BCUT2D eigenvalue weighted by Crippen LogP contribution is 2.31. The maximum absolute atomic E-state index is 10.4. The van der Waals surface area contributed by atoms with Crippen molar-refractivity contribution in [1.29, 1.82) is 0 Å². The van der Waals surface area contributed by atoms with Crippen LogP contribution in [0, 0.1) is 0 Å². The molecule has 160 valence electrons. The molecule has 0 atom stereocenters. The fourth-order valence-corrected chi connectivity index (χ4v) is 4.49. The summed E-state index contributed by atoms with van der Waals surface area (Å²) >= 11 is 7.42. The van der Waals surface area contributed by atoms with Gasteiger partial charge in [-0.2, -0.15) is 0 Å². The van der Waals surface area contributed by atoms with E-state index in [-0.39, 0.29) is 11.3 Å². The maximum Gasteiger partial charge on any atom is 0.265 e. The van der Waals surface area contributed by atoms with Crippen molar-refractivity contribution in [1.82, 2.24) is 4.98 Å². The first-order chi connectivity index (χ1) is 15.1. The van der Waals surface area contributed by atoms with E-state index in [1.807, 2.05) is 41.8 Å². The Hall–Kier alpha value is -2.83. The van der Waals surface area contributed by atoms with Gasteiger partial charge in [-0.05, 0) is 47.8 Å². The molecule has 0 bridgehead atoms. The van der Waals surface area contributed by atoms with Crippen molar-refractivity contribution in [2.75, 3.05) is 0 Å². The number of thiazole rings is 1. The van der Waals surface area contributed by atoms with Crippen molar-refractivity contribution in [2.24, 2.45) is 5.16 Å². The fraction of sp³-hybridized carbons (Fsp3) is 0.250. The molecule has 0 aliphatic rings. The van der Waals surface area contributed by atoms with Gasteiger partial charge < -0.3 is 14.7 Å². The van der Waals surface area contributed by atoms with Crippen molar-refractivity contribution in [3.8, 4) is 27.6 Å². The molecule has 0 aliphatic heterocycles. The molecule has 2 aromatic heterocycles. The second-order valence-corrected chi connectivity index (χ2v) is 8.73. The summed E-state index contributed by atoms with van der Waals surface area (Å²) in [5, 5.41) is 27.3. The number of nitrogens with zero attached hydrogens (tertiary/aromatic N) is 2. The molecule has 2 heterocycles. The first kappa shape index (κ1) is 21.4. The number of unbranched alkanes of at least 4 members (excludes halogenated alkanes) is 3. The minimum Gasteiger partial charge on any atom is -0.508 e. The molecule has 2 aromatic carbocycles. The molecule has 5 nitrogen and oxygen atoms in total. The Morgan fingerprint density at radius 1 is 1.10 bits per heavy atom. The monoisotopic (exact) mass is 454 g/mol. The van der Waals surface area contributed by atoms with Crippen LogP contribution in [0.1, 0.15) is 38.2 Å². The average Bonchev–Trinajstić information content (AvgIpc) is 3.26. The Morgan fingerprint density at radius 2 is 1.90 bits per heavy atom. The minimum absolute atomic E-state index is 0.0552. The third-order valence-electron chi connectivity index (χ3n) is 5.21. The Bertz CT molecular complexity index is 1260. The van der Waals surface area contributed by atoms with Gasteiger partial charge in [0.05, 0.1) is 11.3 Å². The summed E-state index contributed by atoms with van der Waals surface area (Å²) in [6.45, 7) is 2.18. The van der Waals surface area contributed by atoms with Crippen molar-refractivity contribution < 1.29 is 14.7 Å². The number of halogens is 1. The number of hydrogen-bond acceptors (Lipinski definition) is 6. The number of fused-ring (bicyclic) bond motifs is 1. The van der Waals surface area contributed by atoms with Crippen LogP contribution in [0.2, 0.25) is 5.02 Å². The Kier molecular flexibility index (Phi) is 6.59. The van der Waals surface area contributed by atoms with Gasteiger partial charge in [-0.15, -0.1) is 11.3 Å². The van der Waals surface area contributed by atoms with Crippen LogP contribution < -0.4 is 5.55 Å². The molecule has 0 saturated carbocycles. The second kappa shape index (κ2) is 9.54. The van der Waals surface area contributed by atoms with Crippen LogP contribution in [0.3, 0.4) is 0 Å². The van der Waals surface area contributed by atoms with Crippen molar-refractivity contribution in [2.45, 2.75) is 39.0 Å². The maximum atomic E-state index is 10.4. The second-order valence-electron chi connectivity index (χ2n) is 7.44. The highest BCUT2D eigenvalue weighted by molar-refractivity contribution is 7.13. The zero-order valence-electron chi connectivity index (χ0n) is 17.1. The van der Waals surface area contributed by atoms with E-state index in [1.165, 1.54) is 24.2 Å². The van der Waals surface area contributed by atoms with Crippen LogP contribution in [-0.4, -0.2) is 15.3 Å². The molecule has 0 fully saturated rings. The molecule has 31 heavy (non-hydrogen) atoms. The summed E-state index contributed by atoms with van der Waals surface area (Å²) in [7, 11) is 0. The standard InChI is InChI=1S/C24H23ClN2O3S/c1-2-3-4-5-6-16-11-17-12-19(23(27-29)30-22(17)13-21(16)28)24-26-20(14-31-24)15-7-9-18(25)10-8-15/h7-14,28-29H,2-6H2,1H3/b27-23-. The average molecular weight is 455 g/mol. The number of hydrogen-bond donors (Lipinski definition) is 2. The van der Waals surface area contributed by atoms with Crippen LogP contribution in [0.5, 0.6) is 5.75 Å². The first-order valence-electron chi connectivity index (χ1n) is 10.3. The smallest absolute Gasteiger partial charge is 0.265 e. The molecule has 0 aliphatic carbocycles. The lowest BCUT2D eigenvalue weighted by molar-refractivity contribution is 0.277. The third-order valence-corrected chi connectivity index (χ3v) is 6.34. The van der Waals surface area contributed by atoms with Crippen molar-refractivity contribution >= 4 is 33.9 Å². The Balaban J connectivity index is 1.72. The minimum atomic E-state index is 0.0552. The zero-order valence-corrected chi connectivity index (χ0v) is 18.7. The largest absolute Gasteiger partial charge is 0.508 e. The van der Waals surface area contributed by atoms with E-state index in [0.29, 0.717) is 21.2 Å². The molecule has 0 unspecified atom stereocenters. The number of phenols is 1. The molecule has 7 heteroatoms. The van der Waals surface area contributed by atoms with Gasteiger partial charge in [-0.25, -0.2) is 4.98 Å². The molecule has 0 saturated heterocycles. The number of aryl methyl sites for hydroxylation is 1. The van der Waals surface area contributed by atoms with Crippen molar-refractivity contribution in [3.05, 3.63) is 64.0 Å². The molecule has 0 radical (unpaired) electrons. The highest BCUT2D eigenvalue weighted by atomic mass is 35.5. The quantitative estimate of drug-likeness (QED) is 0.179. The van der Waals surface area contributed by atoms with Gasteiger partial charge in [-0.1, -0.05) is 49.9 Å². The lowest BCUT2D eigenvalue weighted by Gasteiger charge is -2.08. The SMILES string of the molecule is CCCCCCc1cc2cc(-c3nc(-c4ccc(Cl)cc4)cs3)/c(=N/O)oc2cc1O. The fourth-order valence-electron chi connectivity index (χ4n) is 3.53. The summed E-state index contributed by atoms with van der Waals surface area (Å²) in [6.07, 6.45) is 5.33. The lowest BCUT2D eigenvalue weighted by atomic mass is 10.0.